The maximum atomic E-state index is 11.6. The molecule has 0 saturated carbocycles. The van der Waals surface area contributed by atoms with Crippen molar-refractivity contribution >= 4 is 5.69 Å². The van der Waals surface area contributed by atoms with E-state index in [0.29, 0.717) is 11.7 Å². The molecule has 5 nitrogen and oxygen atoms in total. The predicted molar refractivity (Wildman–Crippen MR) is 76.2 cm³/mol. The van der Waals surface area contributed by atoms with Gasteiger partial charge in [-0.15, -0.1) is 0 Å². The number of nitrogen functional groups attached to an aromatic ring is 1. The Morgan fingerprint density at radius 3 is 3.05 bits per heavy atom. The summed E-state index contributed by atoms with van der Waals surface area (Å²) in [5.74, 6) is 0. The third-order valence-corrected chi connectivity index (χ3v) is 3.67. The highest BCUT2D eigenvalue weighted by Crippen LogP contribution is 2.10. The van der Waals surface area contributed by atoms with Crippen LogP contribution in [0.25, 0.3) is 0 Å². The summed E-state index contributed by atoms with van der Waals surface area (Å²) in [5, 5.41) is 0. The Hall–Kier alpha value is -1.33. The van der Waals surface area contributed by atoms with E-state index in [1.165, 1.54) is 6.07 Å². The van der Waals surface area contributed by atoms with Crippen molar-refractivity contribution in [3.63, 3.8) is 0 Å². The second kappa shape index (κ2) is 6.73. The van der Waals surface area contributed by atoms with Crippen LogP contribution in [-0.4, -0.2) is 41.8 Å². The van der Waals surface area contributed by atoms with Crippen molar-refractivity contribution in [3.05, 3.63) is 28.7 Å². The van der Waals surface area contributed by atoms with Crippen LogP contribution in [0.1, 0.15) is 19.8 Å². The van der Waals surface area contributed by atoms with E-state index < -0.39 is 0 Å². The first kappa shape index (κ1) is 14.1. The van der Waals surface area contributed by atoms with E-state index in [0.717, 1.165) is 45.7 Å². The first-order valence-corrected chi connectivity index (χ1v) is 6.98. The second-order valence-corrected chi connectivity index (χ2v) is 5.02. The number of ether oxygens (including phenoxy) is 1. The summed E-state index contributed by atoms with van der Waals surface area (Å²) < 4.78 is 7.18. The highest BCUT2D eigenvalue weighted by Gasteiger charge is 2.20. The smallest absolute Gasteiger partial charge is 0.250 e. The van der Waals surface area contributed by atoms with Crippen molar-refractivity contribution in [2.45, 2.75) is 32.4 Å². The third-order valence-electron chi connectivity index (χ3n) is 3.67. The van der Waals surface area contributed by atoms with Crippen LogP contribution in [0.15, 0.2) is 23.1 Å². The molecule has 5 heteroatoms. The number of nitrogens with two attached hydrogens (primary N) is 1. The van der Waals surface area contributed by atoms with Gasteiger partial charge in [0.15, 0.2) is 0 Å². The van der Waals surface area contributed by atoms with Crippen molar-refractivity contribution in [1.29, 1.82) is 0 Å². The maximum absolute atomic E-state index is 11.6. The minimum Gasteiger partial charge on any atom is -0.398 e. The Labute approximate surface area is 114 Å². The summed E-state index contributed by atoms with van der Waals surface area (Å²) in [6.45, 7) is 6.54. The Bertz CT molecular complexity index is 458. The van der Waals surface area contributed by atoms with Gasteiger partial charge in [0.25, 0.3) is 5.56 Å². The zero-order valence-corrected chi connectivity index (χ0v) is 11.5. The molecule has 0 aliphatic carbocycles. The van der Waals surface area contributed by atoms with Crippen molar-refractivity contribution in [3.8, 4) is 0 Å². The van der Waals surface area contributed by atoms with Crippen molar-refractivity contribution < 1.29 is 4.74 Å². The number of nitrogens with zero attached hydrogens (tertiary/aromatic N) is 2. The van der Waals surface area contributed by atoms with Crippen molar-refractivity contribution in [2.24, 2.45) is 0 Å². The van der Waals surface area contributed by atoms with Crippen LogP contribution in [0.2, 0.25) is 0 Å². The molecule has 19 heavy (non-hydrogen) atoms. The van der Waals surface area contributed by atoms with Crippen LogP contribution in [-0.2, 0) is 11.3 Å². The standard InChI is InChI=1S/C14H23N3O2/c1-2-13-11-19-9-8-16(13)6-3-7-17-10-12(15)4-5-14(17)18/h4-5,10,13H,2-3,6-9,11,15H2,1H3. The van der Waals surface area contributed by atoms with Gasteiger partial charge in [-0.05, 0) is 18.9 Å². The molecule has 106 valence electrons. The number of anilines is 1. The SMILES string of the molecule is CCC1COCCN1CCCn1cc(N)ccc1=O. The fraction of sp³-hybridized carbons (Fsp3) is 0.643. The van der Waals surface area contributed by atoms with Crippen LogP contribution >= 0.6 is 0 Å². The minimum absolute atomic E-state index is 0.0169. The van der Waals surface area contributed by atoms with E-state index >= 15 is 0 Å². The van der Waals surface area contributed by atoms with Gasteiger partial charge in [0, 0.05) is 43.6 Å². The van der Waals surface area contributed by atoms with Crippen LogP contribution in [0.3, 0.4) is 0 Å². The van der Waals surface area contributed by atoms with Gasteiger partial charge in [-0.25, -0.2) is 0 Å². The largest absolute Gasteiger partial charge is 0.398 e. The average molecular weight is 265 g/mol. The average Bonchev–Trinajstić information content (AvgIpc) is 2.43. The van der Waals surface area contributed by atoms with Gasteiger partial charge in [-0.2, -0.15) is 0 Å². The number of rotatable bonds is 5. The van der Waals surface area contributed by atoms with E-state index in [4.69, 9.17) is 10.5 Å². The van der Waals surface area contributed by atoms with Crippen LogP contribution in [0, 0.1) is 0 Å². The van der Waals surface area contributed by atoms with E-state index in [1.807, 2.05) is 0 Å². The molecular weight excluding hydrogens is 242 g/mol. The maximum Gasteiger partial charge on any atom is 0.250 e. The predicted octanol–water partition coefficient (Wildman–Crippen LogP) is 0.931. The highest BCUT2D eigenvalue weighted by atomic mass is 16.5. The number of morpholine rings is 1. The molecule has 1 fully saturated rings. The first-order valence-electron chi connectivity index (χ1n) is 6.98. The lowest BCUT2D eigenvalue weighted by Crippen LogP contribution is -2.45. The van der Waals surface area contributed by atoms with Gasteiger partial charge in [0.2, 0.25) is 0 Å². The number of hydrogen-bond acceptors (Lipinski definition) is 4. The molecule has 2 N–H and O–H groups in total. The summed E-state index contributed by atoms with van der Waals surface area (Å²) in [5.41, 5.74) is 6.35. The molecule has 1 unspecified atom stereocenters. The van der Waals surface area contributed by atoms with Gasteiger partial charge in [0.1, 0.15) is 0 Å². The van der Waals surface area contributed by atoms with E-state index in [2.05, 4.69) is 11.8 Å². The van der Waals surface area contributed by atoms with Crippen LogP contribution < -0.4 is 11.3 Å². The molecule has 1 aromatic rings. The molecule has 1 aliphatic heterocycles. The fourth-order valence-corrected chi connectivity index (χ4v) is 2.53. The molecule has 0 amide bonds. The Kier molecular flexibility index (Phi) is 4.99. The van der Waals surface area contributed by atoms with Gasteiger partial charge >= 0.3 is 0 Å². The summed E-state index contributed by atoms with van der Waals surface area (Å²) in [6.07, 6.45) is 3.79. The van der Waals surface area contributed by atoms with E-state index in [-0.39, 0.29) is 5.56 Å². The molecule has 0 aromatic carbocycles. The second-order valence-electron chi connectivity index (χ2n) is 5.02. The molecule has 2 rings (SSSR count). The highest BCUT2D eigenvalue weighted by molar-refractivity contribution is 5.33. The van der Waals surface area contributed by atoms with E-state index in [9.17, 15) is 4.79 Å². The summed E-state index contributed by atoms with van der Waals surface area (Å²) >= 11 is 0. The Balaban J connectivity index is 1.85. The molecule has 1 aliphatic rings. The molecule has 0 bridgehead atoms. The first-order chi connectivity index (χ1) is 9.20. The fourth-order valence-electron chi connectivity index (χ4n) is 2.53. The quantitative estimate of drug-likeness (QED) is 0.860. The molecule has 0 spiro atoms. The lowest BCUT2D eigenvalue weighted by atomic mass is 10.1. The van der Waals surface area contributed by atoms with Crippen LogP contribution in [0.5, 0.6) is 0 Å². The lowest BCUT2D eigenvalue weighted by molar-refractivity contribution is -0.00938. The van der Waals surface area contributed by atoms with Crippen molar-refractivity contribution in [2.75, 3.05) is 32.0 Å². The third kappa shape index (κ3) is 3.81. The molecule has 1 saturated heterocycles. The molecule has 1 aromatic heterocycles. The van der Waals surface area contributed by atoms with Gasteiger partial charge < -0.3 is 15.0 Å². The monoisotopic (exact) mass is 265 g/mol. The van der Waals surface area contributed by atoms with E-state index in [1.54, 1.807) is 16.8 Å². The topological polar surface area (TPSA) is 60.5 Å². The summed E-state index contributed by atoms with van der Waals surface area (Å²) in [6, 6.07) is 3.69. The van der Waals surface area contributed by atoms with Crippen LogP contribution in [0.4, 0.5) is 5.69 Å². The molecular formula is C14H23N3O2. The van der Waals surface area contributed by atoms with Crippen molar-refractivity contribution in [1.82, 2.24) is 9.47 Å². The molecule has 0 radical (unpaired) electrons. The summed E-state index contributed by atoms with van der Waals surface area (Å²) in [7, 11) is 0. The zero-order chi connectivity index (χ0) is 13.7. The number of aromatic nitrogens is 1. The Morgan fingerprint density at radius 1 is 1.42 bits per heavy atom. The number of pyridine rings is 1. The number of hydrogen-bond donors (Lipinski definition) is 1. The molecule has 2 heterocycles. The van der Waals surface area contributed by atoms with Gasteiger partial charge in [-0.1, -0.05) is 6.92 Å². The lowest BCUT2D eigenvalue weighted by Gasteiger charge is -2.35. The van der Waals surface area contributed by atoms with Gasteiger partial charge in [-0.3, -0.25) is 9.69 Å². The number of aryl methyl sites for hydroxylation is 1. The summed E-state index contributed by atoms with van der Waals surface area (Å²) in [4.78, 5) is 14.1. The normalized spacial score (nSPS) is 20.6. The minimum atomic E-state index is 0.0169. The van der Waals surface area contributed by atoms with Gasteiger partial charge in [0.05, 0.1) is 13.2 Å². The Morgan fingerprint density at radius 2 is 2.26 bits per heavy atom. The zero-order valence-electron chi connectivity index (χ0n) is 11.5. The molecule has 1 atom stereocenters.